The Morgan fingerprint density at radius 1 is 1.64 bits per heavy atom. The smallest absolute Gasteiger partial charge is 0.221 e. The number of halogens is 1. The maximum absolute atomic E-state index is 11.0. The molecule has 0 aliphatic heterocycles. The SMILES string of the molecule is Cn1nccc1CCNS(=O)(=O)CBr. The Balaban J connectivity index is 2.40. The number of rotatable bonds is 5. The first kappa shape index (κ1) is 11.7. The molecule has 1 heterocycles. The Morgan fingerprint density at radius 3 is 2.86 bits per heavy atom. The van der Waals surface area contributed by atoms with Gasteiger partial charge in [-0.3, -0.25) is 4.68 Å². The van der Waals surface area contributed by atoms with Crippen molar-refractivity contribution in [1.29, 1.82) is 0 Å². The van der Waals surface area contributed by atoms with Crippen molar-refractivity contribution >= 4 is 26.0 Å². The molecule has 1 aromatic heterocycles. The molecule has 0 aromatic carbocycles. The van der Waals surface area contributed by atoms with Gasteiger partial charge in [-0.1, -0.05) is 15.9 Å². The van der Waals surface area contributed by atoms with Crippen LogP contribution in [0.5, 0.6) is 0 Å². The van der Waals surface area contributed by atoms with Gasteiger partial charge in [0.25, 0.3) is 0 Å². The summed E-state index contributed by atoms with van der Waals surface area (Å²) in [5.74, 6) is 0. The van der Waals surface area contributed by atoms with Crippen LogP contribution in [0.2, 0.25) is 0 Å². The van der Waals surface area contributed by atoms with E-state index in [1.807, 2.05) is 13.1 Å². The highest BCUT2D eigenvalue weighted by Crippen LogP contribution is 1.97. The first-order valence-corrected chi connectivity index (χ1v) is 6.83. The highest BCUT2D eigenvalue weighted by molar-refractivity contribution is 9.10. The number of sulfonamides is 1. The monoisotopic (exact) mass is 281 g/mol. The molecule has 7 heteroatoms. The zero-order chi connectivity index (χ0) is 10.6. The summed E-state index contributed by atoms with van der Waals surface area (Å²) < 4.78 is 26.2. The van der Waals surface area contributed by atoms with Crippen LogP contribution in [-0.2, 0) is 23.5 Å². The van der Waals surface area contributed by atoms with Gasteiger partial charge >= 0.3 is 0 Å². The van der Waals surface area contributed by atoms with Gasteiger partial charge in [0, 0.05) is 31.9 Å². The Morgan fingerprint density at radius 2 is 2.36 bits per heavy atom. The van der Waals surface area contributed by atoms with Gasteiger partial charge in [0.15, 0.2) is 0 Å². The highest BCUT2D eigenvalue weighted by Gasteiger charge is 2.06. The van der Waals surface area contributed by atoms with Crippen molar-refractivity contribution in [3.05, 3.63) is 18.0 Å². The highest BCUT2D eigenvalue weighted by atomic mass is 79.9. The summed E-state index contributed by atoms with van der Waals surface area (Å²) >= 11 is 2.90. The Bertz CT molecular complexity index is 387. The van der Waals surface area contributed by atoms with Gasteiger partial charge in [0.1, 0.15) is 4.66 Å². The van der Waals surface area contributed by atoms with Crippen molar-refractivity contribution in [2.24, 2.45) is 7.05 Å². The first-order valence-electron chi connectivity index (χ1n) is 4.05. The Hall–Kier alpha value is -0.400. The van der Waals surface area contributed by atoms with Crippen molar-refractivity contribution in [2.45, 2.75) is 6.42 Å². The molecule has 0 fully saturated rings. The van der Waals surface area contributed by atoms with Gasteiger partial charge in [0.05, 0.1) is 0 Å². The third-order valence-corrected chi connectivity index (χ3v) is 4.51. The number of aryl methyl sites for hydroxylation is 1. The minimum absolute atomic E-state index is 0.0641. The van der Waals surface area contributed by atoms with E-state index in [1.165, 1.54) is 0 Å². The summed E-state index contributed by atoms with van der Waals surface area (Å²) in [7, 11) is -1.32. The average Bonchev–Trinajstić information content (AvgIpc) is 2.52. The molecule has 0 bridgehead atoms. The number of hydrogen-bond acceptors (Lipinski definition) is 3. The van der Waals surface area contributed by atoms with E-state index < -0.39 is 10.0 Å². The van der Waals surface area contributed by atoms with Crippen LogP contribution in [0.1, 0.15) is 5.69 Å². The molecular weight excluding hydrogens is 270 g/mol. The van der Waals surface area contributed by atoms with Crippen LogP contribution in [0.3, 0.4) is 0 Å². The number of alkyl halides is 1. The van der Waals surface area contributed by atoms with Gasteiger partial charge in [0.2, 0.25) is 10.0 Å². The van der Waals surface area contributed by atoms with E-state index in [0.717, 1.165) is 5.69 Å². The van der Waals surface area contributed by atoms with Gasteiger partial charge in [-0.2, -0.15) is 5.10 Å². The van der Waals surface area contributed by atoms with Gasteiger partial charge in [-0.05, 0) is 6.07 Å². The Labute approximate surface area is 91.7 Å². The van der Waals surface area contributed by atoms with Crippen molar-refractivity contribution < 1.29 is 8.42 Å². The van der Waals surface area contributed by atoms with Crippen molar-refractivity contribution in [3.8, 4) is 0 Å². The molecule has 1 rings (SSSR count). The molecule has 1 aromatic rings. The second kappa shape index (κ2) is 4.90. The molecule has 0 aliphatic rings. The lowest BCUT2D eigenvalue weighted by Gasteiger charge is -2.03. The van der Waals surface area contributed by atoms with Gasteiger partial charge in [-0.15, -0.1) is 0 Å². The van der Waals surface area contributed by atoms with Gasteiger partial charge < -0.3 is 0 Å². The van der Waals surface area contributed by atoms with Crippen LogP contribution in [-0.4, -0.2) is 29.4 Å². The van der Waals surface area contributed by atoms with Crippen LogP contribution in [0.25, 0.3) is 0 Å². The van der Waals surface area contributed by atoms with E-state index >= 15 is 0 Å². The molecule has 0 amide bonds. The van der Waals surface area contributed by atoms with E-state index in [1.54, 1.807) is 10.9 Å². The molecule has 0 aliphatic carbocycles. The summed E-state index contributed by atoms with van der Waals surface area (Å²) in [6.45, 7) is 0.396. The number of aromatic nitrogens is 2. The second-order valence-electron chi connectivity index (χ2n) is 2.81. The Kier molecular flexibility index (Phi) is 4.09. The summed E-state index contributed by atoms with van der Waals surface area (Å²) in [5, 5.41) is 3.98. The van der Waals surface area contributed by atoms with E-state index in [-0.39, 0.29) is 4.66 Å². The number of nitrogens with zero attached hydrogens (tertiary/aromatic N) is 2. The summed E-state index contributed by atoms with van der Waals surface area (Å²) in [6, 6.07) is 1.86. The molecule has 1 N–H and O–H groups in total. The fraction of sp³-hybridized carbons (Fsp3) is 0.571. The van der Waals surface area contributed by atoms with Crippen LogP contribution < -0.4 is 4.72 Å². The molecule has 0 radical (unpaired) electrons. The summed E-state index contributed by atoms with van der Waals surface area (Å²) in [4.78, 5) is 0. The fourth-order valence-corrected chi connectivity index (χ4v) is 2.00. The van der Waals surface area contributed by atoms with Crippen molar-refractivity contribution in [1.82, 2.24) is 14.5 Å². The predicted molar refractivity (Wildman–Crippen MR) is 57.6 cm³/mol. The lowest BCUT2D eigenvalue weighted by atomic mass is 10.3. The summed E-state index contributed by atoms with van der Waals surface area (Å²) in [6.07, 6.45) is 2.33. The molecule has 5 nitrogen and oxygen atoms in total. The van der Waals surface area contributed by atoms with Crippen molar-refractivity contribution in [3.63, 3.8) is 0 Å². The van der Waals surface area contributed by atoms with Crippen LogP contribution in [0.4, 0.5) is 0 Å². The third-order valence-electron chi connectivity index (χ3n) is 1.77. The van der Waals surface area contributed by atoms with E-state index in [2.05, 4.69) is 25.8 Å². The maximum atomic E-state index is 11.0. The van der Waals surface area contributed by atoms with Gasteiger partial charge in [-0.25, -0.2) is 13.1 Å². The molecule has 0 atom stereocenters. The lowest BCUT2D eigenvalue weighted by molar-refractivity contribution is 0.585. The van der Waals surface area contributed by atoms with E-state index in [0.29, 0.717) is 13.0 Å². The zero-order valence-electron chi connectivity index (χ0n) is 7.77. The van der Waals surface area contributed by atoms with Crippen molar-refractivity contribution in [2.75, 3.05) is 11.2 Å². The molecule has 0 spiro atoms. The maximum Gasteiger partial charge on any atom is 0.221 e. The molecule has 14 heavy (non-hydrogen) atoms. The topological polar surface area (TPSA) is 64.0 Å². The van der Waals surface area contributed by atoms with E-state index in [4.69, 9.17) is 0 Å². The minimum Gasteiger partial charge on any atom is -0.273 e. The molecule has 80 valence electrons. The normalized spacial score (nSPS) is 11.9. The summed E-state index contributed by atoms with van der Waals surface area (Å²) in [5.41, 5.74) is 1.00. The predicted octanol–water partition coefficient (Wildman–Crippen LogP) is 0.234. The van der Waals surface area contributed by atoms with Crippen LogP contribution >= 0.6 is 15.9 Å². The zero-order valence-corrected chi connectivity index (χ0v) is 10.2. The second-order valence-corrected chi connectivity index (χ2v) is 5.92. The number of hydrogen-bond donors (Lipinski definition) is 1. The van der Waals surface area contributed by atoms with Crippen LogP contribution in [0.15, 0.2) is 12.3 Å². The standard InChI is InChI=1S/C7H12BrN3O2S/c1-11-7(2-4-9-11)3-5-10-14(12,13)6-8/h2,4,10H,3,5-6H2,1H3. The van der Waals surface area contributed by atoms with E-state index in [9.17, 15) is 8.42 Å². The molecule has 0 unspecified atom stereocenters. The largest absolute Gasteiger partial charge is 0.273 e. The minimum atomic E-state index is -3.15. The average molecular weight is 282 g/mol. The quantitative estimate of drug-likeness (QED) is 0.787. The fourth-order valence-electron chi connectivity index (χ4n) is 1.02. The molecule has 0 saturated carbocycles. The molecular formula is C7H12BrN3O2S. The number of nitrogens with one attached hydrogen (secondary N) is 1. The lowest BCUT2D eigenvalue weighted by Crippen LogP contribution is -2.26. The van der Waals surface area contributed by atoms with Crippen LogP contribution in [0, 0.1) is 0 Å². The first-order chi connectivity index (χ1) is 6.55. The third kappa shape index (κ3) is 3.39. The molecule has 0 saturated heterocycles.